The molecule has 0 bridgehead atoms. The molecule has 9 heteroatoms. The minimum Gasteiger partial charge on any atom is -0.465 e. The van der Waals surface area contributed by atoms with Gasteiger partial charge in [0.1, 0.15) is 22.7 Å². The van der Waals surface area contributed by atoms with Crippen molar-refractivity contribution in [2.75, 3.05) is 14.2 Å². The van der Waals surface area contributed by atoms with E-state index in [0.29, 0.717) is 15.8 Å². The summed E-state index contributed by atoms with van der Waals surface area (Å²) < 4.78 is 36.1. The van der Waals surface area contributed by atoms with Crippen LogP contribution in [0, 0.1) is 11.6 Å². The Kier molecular flexibility index (Phi) is 8.15. The van der Waals surface area contributed by atoms with Crippen molar-refractivity contribution in [1.82, 2.24) is 9.97 Å². The highest BCUT2D eigenvalue weighted by atomic mass is 35.5. The van der Waals surface area contributed by atoms with E-state index in [1.807, 2.05) is 0 Å². The van der Waals surface area contributed by atoms with E-state index in [1.54, 1.807) is 24.3 Å². The van der Waals surface area contributed by atoms with E-state index >= 15 is 0 Å². The lowest BCUT2D eigenvalue weighted by Crippen LogP contribution is -2.02. The fourth-order valence-corrected chi connectivity index (χ4v) is 2.96. The van der Waals surface area contributed by atoms with Crippen LogP contribution in [0.5, 0.6) is 0 Å². The van der Waals surface area contributed by atoms with Gasteiger partial charge in [-0.1, -0.05) is 25.1 Å². The summed E-state index contributed by atoms with van der Waals surface area (Å²) in [6, 6.07) is 10.2. The number of esters is 2. The summed E-state index contributed by atoms with van der Waals surface area (Å²) in [5.41, 5.74) is 0.759. The number of aromatic nitrogens is 2. The average molecular weight is 461 g/mol. The van der Waals surface area contributed by atoms with Gasteiger partial charge in [-0.3, -0.25) is 9.97 Å². The Bertz CT molecular complexity index is 1300. The monoisotopic (exact) mass is 460 g/mol. The molecule has 32 heavy (non-hydrogen) atoms. The van der Waals surface area contributed by atoms with Crippen molar-refractivity contribution >= 4 is 45.3 Å². The smallest absolute Gasteiger partial charge is 0.337 e. The molecule has 0 saturated carbocycles. The minimum atomic E-state index is -0.597. The molecule has 0 spiro atoms. The maximum absolute atomic E-state index is 13.6. The third-order valence-corrected chi connectivity index (χ3v) is 4.41. The zero-order chi connectivity index (χ0) is 22.5. The third kappa shape index (κ3) is 5.33. The van der Waals surface area contributed by atoms with Gasteiger partial charge < -0.3 is 9.47 Å². The molecule has 2 aromatic heterocycles. The number of fused-ring (bicyclic) bond motifs is 2. The molecule has 0 fully saturated rings. The lowest BCUT2D eigenvalue weighted by Gasteiger charge is -2.03. The van der Waals surface area contributed by atoms with E-state index < -0.39 is 23.6 Å². The van der Waals surface area contributed by atoms with Crippen LogP contribution in [0.2, 0.25) is 5.02 Å². The van der Waals surface area contributed by atoms with E-state index in [-0.39, 0.29) is 29.6 Å². The summed E-state index contributed by atoms with van der Waals surface area (Å²) >= 11 is 5.74. The predicted molar refractivity (Wildman–Crippen MR) is 118 cm³/mol. The lowest BCUT2D eigenvalue weighted by atomic mass is 10.1. The molecular weight excluding hydrogens is 442 g/mol. The van der Waals surface area contributed by atoms with E-state index in [9.17, 15) is 18.4 Å². The normalized spacial score (nSPS) is 10.0. The molecule has 0 aliphatic carbocycles. The third-order valence-electron chi connectivity index (χ3n) is 4.20. The summed E-state index contributed by atoms with van der Waals surface area (Å²) in [5, 5.41) is 1.43. The molecule has 166 valence electrons. The molecule has 0 saturated heterocycles. The number of hydrogen-bond acceptors (Lipinski definition) is 6. The topological polar surface area (TPSA) is 78.4 Å². The van der Waals surface area contributed by atoms with Crippen LogP contribution >= 0.6 is 11.6 Å². The summed E-state index contributed by atoms with van der Waals surface area (Å²) in [6.45, 7) is 0. The molecule has 6 nitrogen and oxygen atoms in total. The van der Waals surface area contributed by atoms with E-state index in [0.717, 1.165) is 12.1 Å². The first-order chi connectivity index (χ1) is 14.8. The van der Waals surface area contributed by atoms with Crippen molar-refractivity contribution in [2.24, 2.45) is 0 Å². The molecule has 0 aliphatic rings. The molecule has 0 amide bonds. The summed E-state index contributed by atoms with van der Waals surface area (Å²) in [6.07, 6.45) is 2.86. The van der Waals surface area contributed by atoms with Crippen LogP contribution in [0.4, 0.5) is 8.78 Å². The number of rotatable bonds is 2. The highest BCUT2D eigenvalue weighted by Gasteiger charge is 2.12. The number of benzene rings is 2. The van der Waals surface area contributed by atoms with Crippen LogP contribution in [0.15, 0.2) is 54.9 Å². The number of ether oxygens (including phenoxy) is 2. The number of carbonyl (C=O) groups excluding carboxylic acids is 2. The molecule has 4 aromatic rings. The van der Waals surface area contributed by atoms with Gasteiger partial charge in [0.25, 0.3) is 0 Å². The van der Waals surface area contributed by atoms with Gasteiger partial charge in [-0.2, -0.15) is 0 Å². The Morgan fingerprint density at radius 2 is 1.38 bits per heavy atom. The molecule has 2 aromatic carbocycles. The fraction of sp³-hybridized carbons (Fsp3) is 0.130. The Labute approximate surface area is 187 Å². The summed E-state index contributed by atoms with van der Waals surface area (Å²) in [7, 11) is 2.49. The van der Waals surface area contributed by atoms with Gasteiger partial charge in [-0.15, -0.1) is 0 Å². The van der Waals surface area contributed by atoms with Crippen LogP contribution in [0.1, 0.15) is 28.1 Å². The van der Waals surface area contributed by atoms with E-state index in [1.165, 1.54) is 32.7 Å². The zero-order valence-corrected chi connectivity index (χ0v) is 17.1. The van der Waals surface area contributed by atoms with Gasteiger partial charge in [0, 0.05) is 23.2 Å². The number of nitrogens with zero attached hydrogens (tertiary/aromatic N) is 2. The molecule has 0 aliphatic heterocycles. The highest BCUT2D eigenvalue weighted by molar-refractivity contribution is 6.31. The van der Waals surface area contributed by atoms with Crippen molar-refractivity contribution in [3.8, 4) is 0 Å². The number of halogens is 3. The van der Waals surface area contributed by atoms with Crippen LogP contribution in [-0.2, 0) is 9.47 Å². The van der Waals surface area contributed by atoms with Crippen molar-refractivity contribution in [2.45, 2.75) is 7.43 Å². The Hall–Kier alpha value is -3.65. The Morgan fingerprint density at radius 3 is 1.94 bits per heavy atom. The Morgan fingerprint density at radius 1 is 0.844 bits per heavy atom. The first-order valence-electron chi connectivity index (χ1n) is 8.79. The average Bonchev–Trinajstić information content (AvgIpc) is 2.78. The lowest BCUT2D eigenvalue weighted by molar-refractivity contribution is 0.0591. The van der Waals surface area contributed by atoms with Crippen molar-refractivity contribution in [3.63, 3.8) is 0 Å². The largest absolute Gasteiger partial charge is 0.465 e. The summed E-state index contributed by atoms with van der Waals surface area (Å²) in [4.78, 5) is 30.2. The highest BCUT2D eigenvalue weighted by Crippen LogP contribution is 2.22. The standard InChI is InChI=1S/C11H7ClFNO2.C11H8FNO2.CH4/c1-16-11(15)7-2-6-3-8(12)5-14-10(6)9(13)4-7;1-15-11(14)8-5-7-3-2-4-13-10(7)9(12)6-8;/h2-5H,1H3;2-6H,1H3;1H4. The van der Waals surface area contributed by atoms with Crippen molar-refractivity contribution in [1.29, 1.82) is 0 Å². The zero-order valence-electron chi connectivity index (χ0n) is 16.4. The van der Waals surface area contributed by atoms with Crippen molar-refractivity contribution < 1.29 is 27.8 Å². The minimum absolute atomic E-state index is 0. The van der Waals surface area contributed by atoms with E-state index in [2.05, 4.69) is 19.4 Å². The predicted octanol–water partition coefficient (Wildman–Crippen LogP) is 5.61. The second-order valence-electron chi connectivity index (χ2n) is 6.20. The van der Waals surface area contributed by atoms with Gasteiger partial charge in [0.2, 0.25) is 0 Å². The molecule has 0 unspecified atom stereocenters. The van der Waals surface area contributed by atoms with E-state index in [4.69, 9.17) is 11.6 Å². The number of methoxy groups -OCH3 is 2. The van der Waals surface area contributed by atoms with Crippen LogP contribution in [0.25, 0.3) is 21.8 Å². The second kappa shape index (κ2) is 10.6. The molecule has 2 heterocycles. The van der Waals surface area contributed by atoms with Crippen LogP contribution in [-0.4, -0.2) is 36.1 Å². The number of carbonyl (C=O) groups is 2. The van der Waals surface area contributed by atoms with Gasteiger partial charge in [-0.25, -0.2) is 18.4 Å². The molecule has 4 rings (SSSR count). The fourth-order valence-electron chi connectivity index (χ4n) is 2.80. The summed E-state index contributed by atoms with van der Waals surface area (Å²) in [5.74, 6) is -2.25. The van der Waals surface area contributed by atoms with Crippen LogP contribution < -0.4 is 0 Å². The maximum atomic E-state index is 13.6. The molecule has 0 atom stereocenters. The van der Waals surface area contributed by atoms with Gasteiger partial charge in [-0.05, 0) is 36.4 Å². The SMILES string of the molecule is C.COC(=O)c1cc(F)c2ncc(Cl)cc2c1.COC(=O)c1cc(F)c2ncccc2c1. The van der Waals surface area contributed by atoms with Gasteiger partial charge in [0.15, 0.2) is 0 Å². The Balaban J connectivity index is 0.000000220. The molecular formula is C23H19ClF2N2O4. The number of hydrogen-bond donors (Lipinski definition) is 0. The van der Waals surface area contributed by atoms with Crippen molar-refractivity contribution in [3.05, 3.63) is 82.6 Å². The maximum Gasteiger partial charge on any atom is 0.337 e. The molecule has 0 N–H and O–H groups in total. The molecule has 0 radical (unpaired) electrons. The number of pyridine rings is 2. The quantitative estimate of drug-likeness (QED) is 0.362. The first-order valence-corrected chi connectivity index (χ1v) is 9.17. The van der Waals surface area contributed by atoms with Gasteiger partial charge in [0.05, 0.1) is 30.4 Å². The first kappa shape index (κ1) is 24.6. The van der Waals surface area contributed by atoms with Gasteiger partial charge >= 0.3 is 11.9 Å². The van der Waals surface area contributed by atoms with Crippen LogP contribution in [0.3, 0.4) is 0 Å². The second-order valence-corrected chi connectivity index (χ2v) is 6.64.